The average Bonchev–Trinajstić information content (AvgIpc) is 2.79. The number of hydrazine groups is 1. The number of hydrogen-bond donors (Lipinski definition) is 1. The topological polar surface area (TPSA) is 73.3 Å². The fraction of sp³-hybridized carbons (Fsp3) is 0.304. The first-order valence-corrected chi connectivity index (χ1v) is 10.1. The smallest absolute Gasteiger partial charge is 0.276 e. The Bertz CT molecular complexity index is 953. The molecule has 1 unspecified atom stereocenters. The molecule has 3 heterocycles. The number of aliphatic hydroxyl groups excluding tert-OH is 1. The number of hydrogen-bond acceptors (Lipinski definition) is 6. The second kappa shape index (κ2) is 7.59. The largest absolute Gasteiger partial charge is 0.503 e. The van der Waals surface area contributed by atoms with Gasteiger partial charge in [0.2, 0.25) is 5.78 Å². The Kier molecular flexibility index (Phi) is 4.77. The normalized spacial score (nSPS) is 22.4. The zero-order chi connectivity index (χ0) is 20.7. The van der Waals surface area contributed by atoms with E-state index in [1.165, 1.54) is 0 Å². The first kappa shape index (κ1) is 18.8. The fourth-order valence-corrected chi connectivity index (χ4v) is 4.55. The van der Waals surface area contributed by atoms with Gasteiger partial charge in [-0.05, 0) is 11.1 Å². The molecule has 0 aromatic heterocycles. The maximum atomic E-state index is 13.2. The second-order valence-corrected chi connectivity index (χ2v) is 7.75. The van der Waals surface area contributed by atoms with Crippen LogP contribution in [0.3, 0.4) is 0 Å². The van der Waals surface area contributed by atoms with E-state index in [9.17, 15) is 14.7 Å². The van der Waals surface area contributed by atoms with E-state index in [0.717, 1.165) is 11.1 Å². The van der Waals surface area contributed by atoms with Crippen LogP contribution in [-0.2, 0) is 14.3 Å². The molecule has 3 aliphatic heterocycles. The van der Waals surface area contributed by atoms with Crippen LogP contribution in [0.4, 0.5) is 0 Å². The van der Waals surface area contributed by atoms with E-state index >= 15 is 0 Å². The number of morpholine rings is 1. The molecule has 2 aromatic carbocycles. The Morgan fingerprint density at radius 1 is 0.967 bits per heavy atom. The molecular weight excluding hydrogens is 382 g/mol. The molecule has 7 heteroatoms. The van der Waals surface area contributed by atoms with Crippen LogP contribution < -0.4 is 0 Å². The van der Waals surface area contributed by atoms with Crippen molar-refractivity contribution in [1.82, 2.24) is 14.9 Å². The highest BCUT2D eigenvalue weighted by molar-refractivity contribution is 6.06. The lowest BCUT2D eigenvalue weighted by Gasteiger charge is -2.52. The number of fused-ring (bicyclic) bond motifs is 2. The molecule has 5 rings (SSSR count). The lowest BCUT2D eigenvalue weighted by Crippen LogP contribution is -2.65. The second-order valence-electron chi connectivity index (χ2n) is 7.75. The predicted molar refractivity (Wildman–Crippen MR) is 109 cm³/mol. The van der Waals surface area contributed by atoms with Crippen LogP contribution in [0.25, 0.3) is 0 Å². The molecule has 2 aromatic rings. The quantitative estimate of drug-likeness (QED) is 0.841. The van der Waals surface area contributed by atoms with Crippen molar-refractivity contribution in [3.8, 4) is 0 Å². The standard InChI is InChI=1S/C23H23N3O4/c27-19-14-26(20(16-7-3-1-4-8-16)17-9-5-2-6-10-17)25-13-18-15-30-12-11-24(18)23(29)21(25)22(19)28/h1-10,18,20,28H,11-15H2. The van der Waals surface area contributed by atoms with E-state index in [2.05, 4.69) is 0 Å². The van der Waals surface area contributed by atoms with Crippen molar-refractivity contribution in [1.29, 1.82) is 0 Å². The molecule has 1 N–H and O–H groups in total. The lowest BCUT2D eigenvalue weighted by atomic mass is 9.96. The van der Waals surface area contributed by atoms with Crippen molar-refractivity contribution in [3.63, 3.8) is 0 Å². The van der Waals surface area contributed by atoms with Gasteiger partial charge in [0, 0.05) is 6.54 Å². The molecule has 30 heavy (non-hydrogen) atoms. The van der Waals surface area contributed by atoms with Crippen LogP contribution in [0, 0.1) is 0 Å². The highest BCUT2D eigenvalue weighted by Gasteiger charge is 2.47. The third-order valence-electron chi connectivity index (χ3n) is 5.97. The zero-order valence-electron chi connectivity index (χ0n) is 16.5. The van der Waals surface area contributed by atoms with Crippen molar-refractivity contribution < 1.29 is 19.4 Å². The van der Waals surface area contributed by atoms with Crippen molar-refractivity contribution in [3.05, 3.63) is 83.2 Å². The molecule has 0 spiro atoms. The molecule has 2 saturated heterocycles. The Hall–Kier alpha value is -3.16. The van der Waals surface area contributed by atoms with Crippen molar-refractivity contribution >= 4 is 11.7 Å². The molecule has 0 bridgehead atoms. The summed E-state index contributed by atoms with van der Waals surface area (Å²) in [6.45, 7) is 1.83. The Labute approximate surface area is 174 Å². The highest BCUT2D eigenvalue weighted by atomic mass is 16.5. The van der Waals surface area contributed by atoms with Gasteiger partial charge < -0.3 is 14.7 Å². The maximum Gasteiger partial charge on any atom is 0.276 e. The summed E-state index contributed by atoms with van der Waals surface area (Å²) in [6.07, 6.45) is 0. The van der Waals surface area contributed by atoms with E-state index in [-0.39, 0.29) is 30.2 Å². The minimum Gasteiger partial charge on any atom is -0.503 e. The summed E-state index contributed by atoms with van der Waals surface area (Å²) in [6, 6.07) is 19.4. The van der Waals surface area contributed by atoms with Crippen LogP contribution in [0.2, 0.25) is 0 Å². The fourth-order valence-electron chi connectivity index (χ4n) is 4.55. The summed E-state index contributed by atoms with van der Waals surface area (Å²) in [5.74, 6) is -1.20. The van der Waals surface area contributed by atoms with Gasteiger partial charge >= 0.3 is 0 Å². The number of nitrogens with zero attached hydrogens (tertiary/aromatic N) is 3. The summed E-state index contributed by atoms with van der Waals surface area (Å²) in [4.78, 5) is 27.7. The zero-order valence-corrected chi connectivity index (χ0v) is 16.5. The van der Waals surface area contributed by atoms with E-state index in [0.29, 0.717) is 26.3 Å². The average molecular weight is 405 g/mol. The van der Waals surface area contributed by atoms with Gasteiger partial charge in [-0.2, -0.15) is 0 Å². The molecule has 0 radical (unpaired) electrons. The molecule has 0 aliphatic carbocycles. The van der Waals surface area contributed by atoms with E-state index in [1.54, 1.807) is 9.91 Å². The summed E-state index contributed by atoms with van der Waals surface area (Å²) in [5.41, 5.74) is 2.08. The van der Waals surface area contributed by atoms with Crippen LogP contribution >= 0.6 is 0 Å². The SMILES string of the molecule is O=C1CN(C(c2ccccc2)c2ccccc2)N2CC3COCCN3C(=O)C2=C1O. The molecule has 3 aliphatic rings. The van der Waals surface area contributed by atoms with Gasteiger partial charge in [0.1, 0.15) is 0 Å². The van der Waals surface area contributed by atoms with Crippen molar-refractivity contribution in [2.45, 2.75) is 12.1 Å². The third-order valence-corrected chi connectivity index (χ3v) is 5.97. The van der Waals surface area contributed by atoms with E-state index in [1.807, 2.05) is 65.7 Å². The molecule has 1 amide bonds. The molecule has 2 fully saturated rings. The summed E-state index contributed by atoms with van der Waals surface area (Å²) in [7, 11) is 0. The minimum atomic E-state index is -0.446. The van der Waals surface area contributed by atoms with E-state index in [4.69, 9.17) is 4.74 Å². The van der Waals surface area contributed by atoms with Gasteiger partial charge in [-0.3, -0.25) is 14.6 Å². The highest BCUT2D eigenvalue weighted by Crippen LogP contribution is 2.37. The first-order chi connectivity index (χ1) is 14.6. The summed E-state index contributed by atoms with van der Waals surface area (Å²) < 4.78 is 5.60. The van der Waals surface area contributed by atoms with Gasteiger partial charge in [0.05, 0.1) is 38.4 Å². The minimum absolute atomic E-state index is 0.00928. The molecule has 0 saturated carbocycles. The molecular formula is C23H23N3O4. The van der Waals surface area contributed by atoms with Crippen molar-refractivity contribution in [2.75, 3.05) is 32.8 Å². The number of aliphatic hydroxyl groups is 1. The number of benzene rings is 2. The monoisotopic (exact) mass is 405 g/mol. The number of carbonyl (C=O) groups excluding carboxylic acids is 2. The summed E-state index contributed by atoms with van der Waals surface area (Å²) in [5, 5.41) is 14.3. The number of piperazine rings is 1. The number of rotatable bonds is 3. The van der Waals surface area contributed by atoms with Crippen LogP contribution in [-0.4, -0.2) is 70.6 Å². The Morgan fingerprint density at radius 3 is 2.23 bits per heavy atom. The maximum absolute atomic E-state index is 13.2. The Balaban J connectivity index is 1.62. The first-order valence-electron chi connectivity index (χ1n) is 10.1. The third kappa shape index (κ3) is 3.07. The van der Waals surface area contributed by atoms with E-state index < -0.39 is 11.5 Å². The molecule has 7 nitrogen and oxygen atoms in total. The van der Waals surface area contributed by atoms with Crippen molar-refractivity contribution in [2.24, 2.45) is 0 Å². The van der Waals surface area contributed by atoms with Gasteiger partial charge in [-0.1, -0.05) is 60.7 Å². The van der Waals surface area contributed by atoms with Crippen LogP contribution in [0.5, 0.6) is 0 Å². The van der Waals surface area contributed by atoms with Crippen LogP contribution in [0.15, 0.2) is 72.1 Å². The van der Waals surface area contributed by atoms with Gasteiger partial charge in [-0.15, -0.1) is 0 Å². The van der Waals surface area contributed by atoms with Gasteiger partial charge in [0.25, 0.3) is 5.91 Å². The number of Topliss-reactive ketones (excluding diaryl/α,β-unsaturated/α-hetero) is 1. The number of amides is 1. The number of carbonyl (C=O) groups is 2. The summed E-state index contributed by atoms with van der Waals surface area (Å²) >= 11 is 0. The Morgan fingerprint density at radius 2 is 1.60 bits per heavy atom. The van der Waals surface area contributed by atoms with Crippen LogP contribution in [0.1, 0.15) is 17.2 Å². The van der Waals surface area contributed by atoms with Gasteiger partial charge in [0.15, 0.2) is 11.5 Å². The molecule has 1 atom stereocenters. The molecule has 154 valence electrons. The number of ether oxygens (including phenoxy) is 1. The lowest BCUT2D eigenvalue weighted by molar-refractivity contribution is -0.162. The predicted octanol–water partition coefficient (Wildman–Crippen LogP) is 1.89. The van der Waals surface area contributed by atoms with Gasteiger partial charge in [-0.25, -0.2) is 5.01 Å². The number of ketones is 1.